The standard InChI is InChI=1S/C16H22FN3O3/c1-11(18-2)8-15-19-16(23-20-15)12-4-5-14(17)13(9-12)10-22-7-6-21-3/h4-5,9,11,18H,6-8,10H2,1-3H3. The van der Waals surface area contributed by atoms with Crippen LogP contribution in [0.2, 0.25) is 0 Å². The van der Waals surface area contributed by atoms with Gasteiger partial charge in [0.2, 0.25) is 0 Å². The highest BCUT2D eigenvalue weighted by Crippen LogP contribution is 2.21. The molecule has 0 radical (unpaired) electrons. The van der Waals surface area contributed by atoms with Gasteiger partial charge in [-0.25, -0.2) is 4.39 Å². The van der Waals surface area contributed by atoms with Crippen LogP contribution >= 0.6 is 0 Å². The zero-order valence-corrected chi connectivity index (χ0v) is 13.6. The van der Waals surface area contributed by atoms with Gasteiger partial charge in [-0.1, -0.05) is 5.16 Å². The van der Waals surface area contributed by atoms with Gasteiger partial charge in [-0.3, -0.25) is 0 Å². The maximum Gasteiger partial charge on any atom is 0.257 e. The number of methoxy groups -OCH3 is 1. The van der Waals surface area contributed by atoms with E-state index >= 15 is 0 Å². The molecule has 0 aliphatic rings. The van der Waals surface area contributed by atoms with Gasteiger partial charge < -0.3 is 19.3 Å². The third-order valence-corrected chi connectivity index (χ3v) is 3.43. The van der Waals surface area contributed by atoms with Crippen molar-refractivity contribution in [1.29, 1.82) is 0 Å². The lowest BCUT2D eigenvalue weighted by Crippen LogP contribution is -2.24. The van der Waals surface area contributed by atoms with E-state index < -0.39 is 0 Å². The normalized spacial score (nSPS) is 12.5. The van der Waals surface area contributed by atoms with Crippen LogP contribution in [0, 0.1) is 5.82 Å². The summed E-state index contributed by atoms with van der Waals surface area (Å²) in [6.45, 7) is 3.08. The van der Waals surface area contributed by atoms with Crippen molar-refractivity contribution in [3.8, 4) is 11.5 Å². The minimum Gasteiger partial charge on any atom is -0.382 e. The average molecular weight is 323 g/mol. The maximum absolute atomic E-state index is 13.8. The van der Waals surface area contributed by atoms with E-state index in [2.05, 4.69) is 15.5 Å². The van der Waals surface area contributed by atoms with E-state index in [0.717, 1.165) is 0 Å². The maximum atomic E-state index is 13.8. The first-order chi connectivity index (χ1) is 11.1. The van der Waals surface area contributed by atoms with E-state index in [1.165, 1.54) is 6.07 Å². The summed E-state index contributed by atoms with van der Waals surface area (Å²) in [4.78, 5) is 4.35. The first-order valence-corrected chi connectivity index (χ1v) is 7.49. The minimum atomic E-state index is -0.324. The molecule has 1 aromatic carbocycles. The number of halogens is 1. The lowest BCUT2D eigenvalue weighted by atomic mass is 10.1. The van der Waals surface area contributed by atoms with Crippen molar-refractivity contribution in [2.45, 2.75) is 26.0 Å². The van der Waals surface area contributed by atoms with E-state index in [4.69, 9.17) is 14.0 Å². The molecule has 7 heteroatoms. The fourth-order valence-electron chi connectivity index (χ4n) is 1.97. The second-order valence-corrected chi connectivity index (χ2v) is 5.26. The van der Waals surface area contributed by atoms with E-state index in [-0.39, 0.29) is 18.5 Å². The van der Waals surface area contributed by atoms with Crippen LogP contribution < -0.4 is 5.32 Å². The van der Waals surface area contributed by atoms with E-state index in [1.807, 2.05) is 14.0 Å². The molecule has 0 spiro atoms. The highest BCUT2D eigenvalue weighted by atomic mass is 19.1. The number of hydrogen-bond acceptors (Lipinski definition) is 6. The fraction of sp³-hybridized carbons (Fsp3) is 0.500. The molecule has 0 bridgehead atoms. The zero-order valence-electron chi connectivity index (χ0n) is 13.6. The summed E-state index contributed by atoms with van der Waals surface area (Å²) in [5.74, 6) is 0.667. The van der Waals surface area contributed by atoms with Crippen molar-refractivity contribution in [3.05, 3.63) is 35.4 Å². The van der Waals surface area contributed by atoms with E-state index in [1.54, 1.807) is 19.2 Å². The van der Waals surface area contributed by atoms with Gasteiger partial charge in [0.25, 0.3) is 5.89 Å². The molecule has 1 aromatic heterocycles. The summed E-state index contributed by atoms with van der Waals surface area (Å²) in [5, 5.41) is 7.07. The van der Waals surface area contributed by atoms with Crippen LogP contribution in [0.15, 0.2) is 22.7 Å². The highest BCUT2D eigenvalue weighted by Gasteiger charge is 2.13. The number of aromatic nitrogens is 2. The molecule has 23 heavy (non-hydrogen) atoms. The van der Waals surface area contributed by atoms with Crippen molar-refractivity contribution in [2.75, 3.05) is 27.4 Å². The second-order valence-electron chi connectivity index (χ2n) is 5.26. The second kappa shape index (κ2) is 8.71. The van der Waals surface area contributed by atoms with Crippen LogP contribution in [0.4, 0.5) is 4.39 Å². The van der Waals surface area contributed by atoms with Crippen molar-refractivity contribution in [2.24, 2.45) is 0 Å². The predicted octanol–water partition coefficient (Wildman–Crippen LogP) is 2.19. The summed E-state index contributed by atoms with van der Waals surface area (Å²) in [6.07, 6.45) is 0.661. The van der Waals surface area contributed by atoms with Gasteiger partial charge in [0, 0.05) is 30.7 Å². The Morgan fingerprint density at radius 2 is 2.17 bits per heavy atom. The van der Waals surface area contributed by atoms with Gasteiger partial charge in [-0.2, -0.15) is 4.98 Å². The predicted molar refractivity (Wildman–Crippen MR) is 83.4 cm³/mol. The van der Waals surface area contributed by atoms with Gasteiger partial charge in [0.15, 0.2) is 5.82 Å². The molecule has 2 aromatic rings. The largest absolute Gasteiger partial charge is 0.382 e. The molecular formula is C16H22FN3O3. The Bertz CT molecular complexity index is 618. The summed E-state index contributed by atoms with van der Waals surface area (Å²) >= 11 is 0. The monoisotopic (exact) mass is 323 g/mol. The third kappa shape index (κ3) is 5.09. The summed E-state index contributed by atoms with van der Waals surface area (Å²) < 4.78 is 29.3. The topological polar surface area (TPSA) is 69.4 Å². The van der Waals surface area contributed by atoms with Gasteiger partial charge in [-0.05, 0) is 32.2 Å². The van der Waals surface area contributed by atoms with Gasteiger partial charge in [0.1, 0.15) is 5.82 Å². The molecule has 0 saturated carbocycles. The highest BCUT2D eigenvalue weighted by molar-refractivity contribution is 5.54. The van der Waals surface area contributed by atoms with Gasteiger partial charge in [-0.15, -0.1) is 0 Å². The first kappa shape index (κ1) is 17.5. The molecule has 1 heterocycles. The number of rotatable bonds is 9. The van der Waals surface area contributed by atoms with Crippen LogP contribution in [0.25, 0.3) is 11.5 Å². The lowest BCUT2D eigenvalue weighted by molar-refractivity contribution is 0.0604. The van der Waals surface area contributed by atoms with Crippen LogP contribution in [0.3, 0.4) is 0 Å². The Balaban J connectivity index is 2.07. The molecular weight excluding hydrogens is 301 g/mol. The summed E-state index contributed by atoms with van der Waals surface area (Å²) in [6, 6.07) is 4.91. The van der Waals surface area contributed by atoms with Crippen molar-refractivity contribution >= 4 is 0 Å². The molecule has 0 saturated heterocycles. The Morgan fingerprint density at radius 3 is 2.91 bits per heavy atom. The first-order valence-electron chi connectivity index (χ1n) is 7.49. The Labute approximate surface area is 135 Å². The number of hydrogen-bond donors (Lipinski definition) is 1. The van der Waals surface area contributed by atoms with Crippen molar-refractivity contribution < 1.29 is 18.4 Å². The van der Waals surface area contributed by atoms with E-state index in [0.29, 0.717) is 42.5 Å². The van der Waals surface area contributed by atoms with Gasteiger partial charge in [0.05, 0.1) is 19.8 Å². The zero-order chi connectivity index (χ0) is 16.7. The Hall–Kier alpha value is -1.83. The summed E-state index contributed by atoms with van der Waals surface area (Å²) in [5.41, 5.74) is 1.12. The number of likely N-dealkylation sites (N-methyl/N-ethyl adjacent to an activating group) is 1. The van der Waals surface area contributed by atoms with Crippen LogP contribution in [0.5, 0.6) is 0 Å². The average Bonchev–Trinajstić information content (AvgIpc) is 3.01. The van der Waals surface area contributed by atoms with Crippen LogP contribution in [0.1, 0.15) is 18.3 Å². The molecule has 0 aliphatic heterocycles. The molecule has 0 amide bonds. The number of nitrogens with one attached hydrogen (secondary N) is 1. The quantitative estimate of drug-likeness (QED) is 0.713. The molecule has 1 unspecified atom stereocenters. The van der Waals surface area contributed by atoms with Crippen molar-refractivity contribution in [3.63, 3.8) is 0 Å². The molecule has 0 aliphatic carbocycles. The number of nitrogens with zero attached hydrogens (tertiary/aromatic N) is 2. The van der Waals surface area contributed by atoms with Crippen LogP contribution in [-0.2, 0) is 22.5 Å². The SMILES string of the molecule is CNC(C)Cc1noc(-c2ccc(F)c(COCCOC)c2)n1. The Kier molecular flexibility index (Phi) is 6.64. The molecule has 1 atom stereocenters. The van der Waals surface area contributed by atoms with Gasteiger partial charge >= 0.3 is 0 Å². The smallest absolute Gasteiger partial charge is 0.257 e. The van der Waals surface area contributed by atoms with Crippen molar-refractivity contribution in [1.82, 2.24) is 15.5 Å². The molecule has 6 nitrogen and oxygen atoms in total. The number of ether oxygens (including phenoxy) is 2. The molecule has 126 valence electrons. The minimum absolute atomic E-state index is 0.167. The lowest BCUT2D eigenvalue weighted by Gasteiger charge is -2.06. The molecule has 1 N–H and O–H groups in total. The van der Waals surface area contributed by atoms with Crippen LogP contribution in [-0.4, -0.2) is 43.6 Å². The number of benzene rings is 1. The molecule has 0 fully saturated rings. The molecule has 2 rings (SSSR count). The Morgan fingerprint density at radius 1 is 1.35 bits per heavy atom. The fourth-order valence-corrected chi connectivity index (χ4v) is 1.97. The van der Waals surface area contributed by atoms with E-state index in [9.17, 15) is 4.39 Å². The third-order valence-electron chi connectivity index (χ3n) is 3.43. The summed E-state index contributed by atoms with van der Waals surface area (Å²) in [7, 11) is 3.47.